The Balaban J connectivity index is 2.67. The van der Waals surface area contributed by atoms with Gasteiger partial charge in [-0.2, -0.15) is 5.01 Å². The van der Waals surface area contributed by atoms with Gasteiger partial charge < -0.3 is 5.11 Å². The molecule has 1 aliphatic rings. The molecule has 1 unspecified atom stereocenters. The lowest BCUT2D eigenvalue weighted by molar-refractivity contribution is -0.151. The first-order valence-corrected chi connectivity index (χ1v) is 3.69. The molecule has 6 nitrogen and oxygen atoms in total. The van der Waals surface area contributed by atoms with Gasteiger partial charge in [0.25, 0.3) is 5.91 Å². The average Bonchev–Trinajstić information content (AvgIpc) is 2.50. The Hall–Kier alpha value is -1.01. The van der Waals surface area contributed by atoms with Crippen LogP contribution in [-0.4, -0.2) is 35.3 Å². The molecule has 12 heavy (non-hydrogen) atoms. The van der Waals surface area contributed by atoms with Crippen molar-refractivity contribution in [3.8, 4) is 0 Å². The summed E-state index contributed by atoms with van der Waals surface area (Å²) in [6.45, 7) is 0.578. The molecule has 0 spiro atoms. The molecule has 0 bridgehead atoms. The second-order valence-corrected chi connectivity index (χ2v) is 2.80. The van der Waals surface area contributed by atoms with Crippen molar-refractivity contribution in [1.29, 1.82) is 0 Å². The quantitative estimate of drug-likeness (QED) is 0.423. The number of amides is 1. The number of hydrogen-bond acceptors (Lipinski definition) is 5. The minimum absolute atomic E-state index is 0.325. The summed E-state index contributed by atoms with van der Waals surface area (Å²) < 4.78 is 0. The predicted octanol–water partition coefficient (Wildman–Crippen LogP) is -0.802. The number of rotatable bonds is 2. The van der Waals surface area contributed by atoms with Gasteiger partial charge in [0.2, 0.25) is 0 Å². The van der Waals surface area contributed by atoms with Crippen LogP contribution in [0.2, 0.25) is 0 Å². The molecular formula is C6H11N3O3. The van der Waals surface area contributed by atoms with Crippen LogP contribution in [0.15, 0.2) is 5.29 Å². The molecule has 2 N–H and O–H groups in total. The topological polar surface area (TPSA) is 82.0 Å². The zero-order chi connectivity index (χ0) is 9.19. The van der Waals surface area contributed by atoms with Gasteiger partial charge in [-0.3, -0.25) is 10.1 Å². The fourth-order valence-electron chi connectivity index (χ4n) is 1.22. The molecule has 0 aliphatic carbocycles. The first-order chi connectivity index (χ1) is 5.60. The second kappa shape index (κ2) is 3.16. The van der Waals surface area contributed by atoms with Gasteiger partial charge in [-0.15, -0.1) is 4.91 Å². The molecule has 1 amide bonds. The smallest absolute Gasteiger partial charge is 0.292 e. The summed E-state index contributed by atoms with van der Waals surface area (Å²) >= 11 is 0. The number of carbonyl (C=O) groups is 1. The third kappa shape index (κ3) is 1.44. The first kappa shape index (κ1) is 9.08. The SMILES string of the molecule is CN(N=O)C(=O)C1(O)CCCN1. The molecule has 1 heterocycles. The minimum atomic E-state index is -1.58. The van der Waals surface area contributed by atoms with Gasteiger partial charge in [-0.1, -0.05) is 0 Å². The van der Waals surface area contributed by atoms with Gasteiger partial charge in [-0.25, -0.2) is 0 Å². The van der Waals surface area contributed by atoms with Crippen molar-refractivity contribution in [2.45, 2.75) is 18.6 Å². The largest absolute Gasteiger partial charge is 0.367 e. The van der Waals surface area contributed by atoms with Crippen LogP contribution >= 0.6 is 0 Å². The third-order valence-corrected chi connectivity index (χ3v) is 1.90. The van der Waals surface area contributed by atoms with Crippen LogP contribution in [0.25, 0.3) is 0 Å². The molecule has 0 saturated carbocycles. The van der Waals surface area contributed by atoms with Gasteiger partial charge in [0.1, 0.15) is 0 Å². The van der Waals surface area contributed by atoms with E-state index in [1.54, 1.807) is 0 Å². The van der Waals surface area contributed by atoms with Crippen molar-refractivity contribution >= 4 is 5.91 Å². The monoisotopic (exact) mass is 173 g/mol. The Bertz CT molecular complexity index is 200. The molecule has 1 fully saturated rings. The van der Waals surface area contributed by atoms with Crippen molar-refractivity contribution < 1.29 is 9.90 Å². The molecule has 1 saturated heterocycles. The lowest BCUT2D eigenvalue weighted by atomic mass is 10.1. The van der Waals surface area contributed by atoms with Crippen LogP contribution in [0, 0.1) is 4.91 Å². The Morgan fingerprint density at radius 2 is 2.42 bits per heavy atom. The molecule has 1 aliphatic heterocycles. The van der Waals surface area contributed by atoms with Gasteiger partial charge in [0.05, 0.1) is 5.29 Å². The highest BCUT2D eigenvalue weighted by atomic mass is 16.3. The summed E-state index contributed by atoms with van der Waals surface area (Å²) in [4.78, 5) is 21.2. The normalized spacial score (nSPS) is 28.5. The first-order valence-electron chi connectivity index (χ1n) is 3.69. The lowest BCUT2D eigenvalue weighted by Gasteiger charge is -2.22. The number of aliphatic hydroxyl groups is 1. The van der Waals surface area contributed by atoms with Crippen LogP contribution in [0.3, 0.4) is 0 Å². The van der Waals surface area contributed by atoms with Crippen LogP contribution < -0.4 is 5.32 Å². The molecular weight excluding hydrogens is 162 g/mol. The second-order valence-electron chi connectivity index (χ2n) is 2.80. The van der Waals surface area contributed by atoms with Crippen LogP contribution in [0.4, 0.5) is 0 Å². The molecule has 1 atom stereocenters. The average molecular weight is 173 g/mol. The molecule has 0 aromatic heterocycles. The van der Waals surface area contributed by atoms with Crippen LogP contribution in [-0.2, 0) is 4.79 Å². The van der Waals surface area contributed by atoms with Gasteiger partial charge in [-0.05, 0) is 13.0 Å². The van der Waals surface area contributed by atoms with Crippen molar-refractivity contribution in [1.82, 2.24) is 10.3 Å². The van der Waals surface area contributed by atoms with Crippen LogP contribution in [0.5, 0.6) is 0 Å². The van der Waals surface area contributed by atoms with E-state index in [0.29, 0.717) is 18.0 Å². The number of nitrogens with one attached hydrogen (secondary N) is 1. The van der Waals surface area contributed by atoms with E-state index in [1.807, 2.05) is 0 Å². The van der Waals surface area contributed by atoms with Crippen molar-refractivity contribution in [3.63, 3.8) is 0 Å². The summed E-state index contributed by atoms with van der Waals surface area (Å²) in [6, 6.07) is 0. The molecule has 0 radical (unpaired) electrons. The van der Waals surface area contributed by atoms with E-state index in [9.17, 15) is 14.8 Å². The predicted molar refractivity (Wildman–Crippen MR) is 40.8 cm³/mol. The van der Waals surface area contributed by atoms with E-state index in [2.05, 4.69) is 10.6 Å². The molecule has 68 valence electrons. The van der Waals surface area contributed by atoms with Crippen LogP contribution in [0.1, 0.15) is 12.8 Å². The fourth-order valence-corrected chi connectivity index (χ4v) is 1.22. The lowest BCUT2D eigenvalue weighted by Crippen LogP contribution is -2.52. The Morgan fingerprint density at radius 1 is 1.75 bits per heavy atom. The van der Waals surface area contributed by atoms with Crippen molar-refractivity contribution in [2.75, 3.05) is 13.6 Å². The maximum absolute atomic E-state index is 11.2. The Kier molecular flexibility index (Phi) is 2.39. The van der Waals surface area contributed by atoms with E-state index in [4.69, 9.17) is 0 Å². The van der Waals surface area contributed by atoms with Gasteiger partial charge in [0.15, 0.2) is 5.72 Å². The van der Waals surface area contributed by atoms with E-state index in [0.717, 1.165) is 6.42 Å². The number of hydrogen-bond donors (Lipinski definition) is 2. The number of nitrogens with zero attached hydrogens (tertiary/aromatic N) is 2. The minimum Gasteiger partial charge on any atom is -0.367 e. The number of likely N-dealkylation sites (N-methyl/N-ethyl adjacent to an activating group) is 1. The highest BCUT2D eigenvalue weighted by Gasteiger charge is 2.41. The number of nitroso groups, excluding NO2 is 1. The Morgan fingerprint density at radius 3 is 2.83 bits per heavy atom. The summed E-state index contributed by atoms with van der Waals surface area (Å²) in [5, 5.41) is 15.2. The summed E-state index contributed by atoms with van der Waals surface area (Å²) in [5.41, 5.74) is -1.58. The van der Waals surface area contributed by atoms with Gasteiger partial charge >= 0.3 is 0 Å². The zero-order valence-electron chi connectivity index (χ0n) is 6.78. The van der Waals surface area contributed by atoms with E-state index in [1.165, 1.54) is 7.05 Å². The Labute approximate surface area is 69.5 Å². The highest BCUT2D eigenvalue weighted by molar-refractivity contribution is 5.84. The summed E-state index contributed by atoms with van der Waals surface area (Å²) in [6.07, 6.45) is 1.04. The molecule has 0 aromatic carbocycles. The van der Waals surface area contributed by atoms with E-state index < -0.39 is 11.6 Å². The third-order valence-electron chi connectivity index (χ3n) is 1.90. The molecule has 1 rings (SSSR count). The van der Waals surface area contributed by atoms with Crippen molar-refractivity contribution in [2.24, 2.45) is 5.29 Å². The zero-order valence-corrected chi connectivity index (χ0v) is 6.78. The fraction of sp³-hybridized carbons (Fsp3) is 0.833. The molecule has 0 aromatic rings. The summed E-state index contributed by atoms with van der Waals surface area (Å²) in [7, 11) is 1.22. The van der Waals surface area contributed by atoms with E-state index in [-0.39, 0.29) is 0 Å². The number of carbonyl (C=O) groups excluding carboxylic acids is 1. The molecule has 6 heteroatoms. The van der Waals surface area contributed by atoms with Gasteiger partial charge in [0, 0.05) is 13.5 Å². The summed E-state index contributed by atoms with van der Waals surface area (Å²) in [5.74, 6) is -0.699. The highest BCUT2D eigenvalue weighted by Crippen LogP contribution is 2.17. The maximum atomic E-state index is 11.2. The van der Waals surface area contributed by atoms with Crippen molar-refractivity contribution in [3.05, 3.63) is 4.91 Å². The van der Waals surface area contributed by atoms with E-state index >= 15 is 0 Å². The standard InChI is InChI=1S/C6H11N3O3/c1-9(8-12)5(10)6(11)3-2-4-7-6/h7,11H,2-4H2,1H3. The maximum Gasteiger partial charge on any atom is 0.292 e.